The van der Waals surface area contributed by atoms with Crippen LogP contribution in [0.25, 0.3) is 10.2 Å². The molecule has 7 nitrogen and oxygen atoms in total. The van der Waals surface area contributed by atoms with E-state index in [0.29, 0.717) is 23.1 Å². The lowest BCUT2D eigenvalue weighted by Crippen LogP contribution is -2.50. The summed E-state index contributed by atoms with van der Waals surface area (Å²) in [5.74, 6) is 0.0640. The van der Waals surface area contributed by atoms with E-state index in [1.165, 1.54) is 23.1 Å². The number of pyridine rings is 1. The number of halogens is 2. The molecule has 1 fully saturated rings. The van der Waals surface area contributed by atoms with Crippen molar-refractivity contribution in [3.05, 3.63) is 59.1 Å². The second-order valence-corrected chi connectivity index (χ2v) is 9.93. The van der Waals surface area contributed by atoms with Crippen molar-refractivity contribution in [1.29, 1.82) is 0 Å². The lowest BCUT2D eigenvalue weighted by molar-refractivity contribution is 0.00561. The molecule has 2 aromatic heterocycles. The number of carbonyl (C=O) groups excluding carboxylic acids is 1. The number of fused-ring (bicyclic) bond motifs is 1. The molecule has 0 spiro atoms. The summed E-state index contributed by atoms with van der Waals surface area (Å²) in [5.41, 5.74) is 2.28. The number of hydrogen-bond acceptors (Lipinski definition) is 7. The van der Waals surface area contributed by atoms with Crippen molar-refractivity contribution >= 4 is 60.2 Å². The number of carbonyl (C=O) groups is 1. The lowest BCUT2D eigenvalue weighted by atomic mass is 10.1. The van der Waals surface area contributed by atoms with Crippen molar-refractivity contribution in [2.24, 2.45) is 0 Å². The van der Waals surface area contributed by atoms with Crippen LogP contribution in [-0.2, 0) is 11.2 Å². The average molecular weight is 540 g/mol. The zero-order chi connectivity index (χ0) is 22.6. The van der Waals surface area contributed by atoms with Gasteiger partial charge in [-0.25, -0.2) is 9.69 Å². The van der Waals surface area contributed by atoms with E-state index in [1.54, 1.807) is 18.3 Å². The Balaban J connectivity index is 1.62. The van der Waals surface area contributed by atoms with Crippen LogP contribution in [0.2, 0.25) is 0 Å². The summed E-state index contributed by atoms with van der Waals surface area (Å²) in [4.78, 5) is 23.3. The Morgan fingerprint density at radius 3 is 3.00 bits per heavy atom. The predicted molar refractivity (Wildman–Crippen MR) is 132 cm³/mol. The molecule has 0 amide bonds. The van der Waals surface area contributed by atoms with Crippen molar-refractivity contribution in [3.8, 4) is 0 Å². The number of alkyl halides is 2. The second kappa shape index (κ2) is 10.5. The third kappa shape index (κ3) is 5.13. The van der Waals surface area contributed by atoms with E-state index >= 15 is 0 Å². The highest BCUT2D eigenvalue weighted by Crippen LogP contribution is 2.38. The summed E-state index contributed by atoms with van der Waals surface area (Å²) < 4.78 is 5.88. The Hall–Kier alpha value is -1.62. The van der Waals surface area contributed by atoms with Gasteiger partial charge in [0.05, 0.1) is 22.3 Å². The highest BCUT2D eigenvalue weighted by molar-refractivity contribution is 9.09. The quantitative estimate of drug-likeness (QED) is 0.166. The Labute approximate surface area is 204 Å². The van der Waals surface area contributed by atoms with Gasteiger partial charge in [-0.05, 0) is 49.1 Å². The number of nitrogens with zero attached hydrogens (tertiary/aromatic N) is 4. The highest BCUT2D eigenvalue weighted by Gasteiger charge is 2.46. The average Bonchev–Trinajstić information content (AvgIpc) is 3.38. The zero-order valence-corrected chi connectivity index (χ0v) is 20.6. The molecule has 0 radical (unpaired) electrons. The number of hydrogen-bond donors (Lipinski definition) is 0. The normalized spacial score (nSPS) is 21.3. The third-order valence-corrected chi connectivity index (χ3v) is 7.36. The molecule has 0 N–H and O–H groups in total. The van der Waals surface area contributed by atoms with Crippen LogP contribution in [0, 0.1) is 5.21 Å². The van der Waals surface area contributed by atoms with E-state index in [0.717, 1.165) is 41.4 Å². The molecule has 1 aromatic carbocycles. The number of benzene rings is 1. The number of quaternary nitrogens is 1. The molecule has 2 atom stereocenters. The van der Waals surface area contributed by atoms with Crippen molar-refractivity contribution in [2.45, 2.75) is 25.5 Å². The van der Waals surface area contributed by atoms with Gasteiger partial charge in [0.2, 0.25) is 0 Å². The maximum atomic E-state index is 14.1. The van der Waals surface area contributed by atoms with Crippen LogP contribution in [0.1, 0.15) is 28.8 Å². The van der Waals surface area contributed by atoms with Crippen LogP contribution in [0.4, 0.5) is 5.13 Å². The number of rotatable bonds is 9. The van der Waals surface area contributed by atoms with Crippen LogP contribution >= 0.6 is 38.9 Å². The van der Waals surface area contributed by atoms with Gasteiger partial charge in [0, 0.05) is 30.1 Å². The number of ether oxygens (including phenoxy) is 1. The van der Waals surface area contributed by atoms with Crippen LogP contribution in [0.15, 0.2) is 42.7 Å². The minimum atomic E-state index is -0.894. The molecule has 1 saturated heterocycles. The molecule has 1 aliphatic heterocycles. The van der Waals surface area contributed by atoms with Gasteiger partial charge < -0.3 is 9.94 Å². The molecule has 170 valence electrons. The molecule has 3 heterocycles. The fraction of sp³-hybridized carbons (Fsp3) is 0.409. The van der Waals surface area contributed by atoms with Crippen molar-refractivity contribution in [2.75, 3.05) is 31.0 Å². The van der Waals surface area contributed by atoms with E-state index in [4.69, 9.17) is 16.3 Å². The number of thiazole rings is 1. The predicted octanol–water partition coefficient (Wildman–Crippen LogP) is 4.91. The second-order valence-electron chi connectivity index (χ2n) is 7.75. The Morgan fingerprint density at radius 1 is 1.38 bits per heavy atom. The molecule has 1 aliphatic rings. The molecule has 0 aliphatic carbocycles. The van der Waals surface area contributed by atoms with Crippen LogP contribution < -0.4 is 4.65 Å². The number of esters is 1. The number of aromatic nitrogens is 2. The van der Waals surface area contributed by atoms with Gasteiger partial charge in [-0.15, -0.1) is 11.6 Å². The first-order valence-electron chi connectivity index (χ1n) is 10.5. The smallest absolute Gasteiger partial charge is 0.344 e. The number of hydroxylamine groups is 2. The number of aryl methyl sites for hydroxylation is 1. The van der Waals surface area contributed by atoms with Gasteiger partial charge in [0.15, 0.2) is 0 Å². The van der Waals surface area contributed by atoms with Gasteiger partial charge in [-0.2, -0.15) is 4.98 Å². The van der Waals surface area contributed by atoms with E-state index in [2.05, 4.69) is 32.0 Å². The monoisotopic (exact) mass is 538 g/mol. The third-order valence-electron chi connectivity index (χ3n) is 5.40. The molecule has 3 aromatic rings. The summed E-state index contributed by atoms with van der Waals surface area (Å²) in [5, 5.41) is 15.4. The van der Waals surface area contributed by atoms with Crippen molar-refractivity contribution < 1.29 is 9.53 Å². The summed E-state index contributed by atoms with van der Waals surface area (Å²) in [6.07, 6.45) is 4.82. The van der Waals surface area contributed by atoms with Crippen molar-refractivity contribution in [1.82, 2.24) is 19.5 Å². The molecule has 32 heavy (non-hydrogen) atoms. The van der Waals surface area contributed by atoms with Crippen LogP contribution in [-0.4, -0.2) is 58.0 Å². The summed E-state index contributed by atoms with van der Waals surface area (Å²) >= 11 is 10.6. The summed E-state index contributed by atoms with van der Waals surface area (Å²) in [6.45, 7) is 1.29. The minimum Gasteiger partial charge on any atom is -0.622 e. The van der Waals surface area contributed by atoms with Crippen LogP contribution in [0.5, 0.6) is 0 Å². The van der Waals surface area contributed by atoms with E-state index < -0.39 is 16.8 Å². The fourth-order valence-corrected chi connectivity index (χ4v) is 5.25. The SMILES string of the molecule is O=C(OC1CN(CCCBr)C[N+]1([O-])c1nc2ccc(CCCCl)cc2s1)c1cccnc1. The first kappa shape index (κ1) is 23.5. The van der Waals surface area contributed by atoms with Gasteiger partial charge in [0.1, 0.15) is 6.67 Å². The Kier molecular flexibility index (Phi) is 7.75. The Morgan fingerprint density at radius 2 is 2.25 bits per heavy atom. The molecule has 0 saturated carbocycles. The van der Waals surface area contributed by atoms with Gasteiger partial charge >= 0.3 is 5.97 Å². The van der Waals surface area contributed by atoms with Crippen molar-refractivity contribution in [3.63, 3.8) is 0 Å². The lowest BCUT2D eigenvalue weighted by Gasteiger charge is -2.38. The van der Waals surface area contributed by atoms with Gasteiger partial charge in [-0.3, -0.25) is 9.63 Å². The molecular formula is C22H24BrClN4O3S. The molecule has 4 rings (SSSR count). The van der Waals surface area contributed by atoms with Gasteiger partial charge in [0.25, 0.3) is 11.4 Å². The molecule has 10 heteroatoms. The summed E-state index contributed by atoms with van der Waals surface area (Å²) in [7, 11) is 0. The van der Waals surface area contributed by atoms with Crippen LogP contribution in [0.3, 0.4) is 0 Å². The Bertz CT molecular complexity index is 1070. The topological polar surface area (TPSA) is 78.4 Å². The first-order chi connectivity index (χ1) is 15.5. The largest absolute Gasteiger partial charge is 0.622 e. The maximum Gasteiger partial charge on any atom is 0.344 e. The van der Waals surface area contributed by atoms with E-state index in [9.17, 15) is 10.0 Å². The minimum absolute atomic E-state index is 0.191. The fourth-order valence-electron chi connectivity index (χ4n) is 3.77. The molecule has 0 bridgehead atoms. The zero-order valence-electron chi connectivity index (χ0n) is 17.5. The summed E-state index contributed by atoms with van der Waals surface area (Å²) in [6, 6.07) is 9.35. The molecular weight excluding hydrogens is 516 g/mol. The molecule has 2 unspecified atom stereocenters. The van der Waals surface area contributed by atoms with E-state index in [1.807, 2.05) is 17.0 Å². The first-order valence-corrected chi connectivity index (χ1v) is 12.9. The maximum absolute atomic E-state index is 14.1. The highest BCUT2D eigenvalue weighted by atomic mass is 79.9. The van der Waals surface area contributed by atoms with Gasteiger partial charge in [-0.1, -0.05) is 33.3 Å². The standard InChI is InChI=1S/C22H24BrClN4O3S/c23-8-3-11-27-14-20(31-21(29)17-5-2-10-25-13-17)28(30,15-27)22-26-18-7-6-16(4-1-9-24)12-19(18)32-22/h2,5-7,10,12-13,20H,1,3-4,8-9,11,14-15H2. The van der Waals surface area contributed by atoms with E-state index in [-0.39, 0.29) is 6.67 Å².